The number of nitrogens with zero attached hydrogens (tertiary/aromatic N) is 3. The summed E-state index contributed by atoms with van der Waals surface area (Å²) in [6.07, 6.45) is 4.97. The Hall–Kier alpha value is -2.37. The SMILES string of the molecule is C[C@@H](Nc1nnc(-c2ccccc2)o1)C(=O)N1CCC2(CC1)CC2. The van der Waals surface area contributed by atoms with Crippen LogP contribution >= 0.6 is 0 Å². The lowest BCUT2D eigenvalue weighted by Crippen LogP contribution is -2.45. The van der Waals surface area contributed by atoms with Gasteiger partial charge in [-0.05, 0) is 50.2 Å². The largest absolute Gasteiger partial charge is 0.403 e. The Kier molecular flexibility index (Phi) is 3.75. The molecule has 2 fully saturated rings. The lowest BCUT2D eigenvalue weighted by molar-refractivity contribution is -0.133. The van der Waals surface area contributed by atoms with Gasteiger partial charge in [0.2, 0.25) is 11.8 Å². The maximum absolute atomic E-state index is 12.6. The van der Waals surface area contributed by atoms with Gasteiger partial charge in [-0.15, -0.1) is 5.10 Å². The fraction of sp³-hybridized carbons (Fsp3) is 0.500. The van der Waals surface area contributed by atoms with Crippen molar-refractivity contribution in [2.75, 3.05) is 18.4 Å². The Labute approximate surface area is 141 Å². The van der Waals surface area contributed by atoms with Crippen molar-refractivity contribution in [3.8, 4) is 11.5 Å². The van der Waals surface area contributed by atoms with Crippen LogP contribution in [0.5, 0.6) is 0 Å². The molecular weight excluding hydrogens is 304 g/mol. The van der Waals surface area contributed by atoms with Crippen LogP contribution in [0.2, 0.25) is 0 Å². The Morgan fingerprint density at radius 2 is 1.88 bits per heavy atom. The van der Waals surface area contributed by atoms with E-state index in [0.29, 0.717) is 11.3 Å². The van der Waals surface area contributed by atoms with Gasteiger partial charge < -0.3 is 14.6 Å². The summed E-state index contributed by atoms with van der Waals surface area (Å²) in [5.41, 5.74) is 1.44. The number of nitrogens with one attached hydrogen (secondary N) is 1. The molecule has 2 aromatic rings. The molecule has 6 nitrogen and oxygen atoms in total. The number of likely N-dealkylation sites (tertiary alicyclic amines) is 1. The number of aromatic nitrogens is 2. The minimum absolute atomic E-state index is 0.102. The van der Waals surface area contributed by atoms with Crippen molar-refractivity contribution in [2.24, 2.45) is 5.41 Å². The number of amides is 1. The van der Waals surface area contributed by atoms with Crippen molar-refractivity contribution in [2.45, 2.75) is 38.6 Å². The summed E-state index contributed by atoms with van der Waals surface area (Å²) < 4.78 is 5.62. The molecule has 6 heteroatoms. The van der Waals surface area contributed by atoms with E-state index in [0.717, 1.165) is 31.5 Å². The quantitative estimate of drug-likeness (QED) is 0.935. The van der Waals surface area contributed by atoms with Crippen LogP contribution in [0.1, 0.15) is 32.6 Å². The lowest BCUT2D eigenvalue weighted by atomic mass is 9.93. The topological polar surface area (TPSA) is 71.3 Å². The lowest BCUT2D eigenvalue weighted by Gasteiger charge is -2.33. The minimum atomic E-state index is -0.373. The highest BCUT2D eigenvalue weighted by Gasteiger charge is 2.45. The molecule has 0 radical (unpaired) electrons. The van der Waals surface area contributed by atoms with E-state index in [1.807, 2.05) is 42.2 Å². The van der Waals surface area contributed by atoms with Crippen molar-refractivity contribution in [1.82, 2.24) is 15.1 Å². The number of rotatable bonds is 4. The predicted octanol–water partition coefficient (Wildman–Crippen LogP) is 2.94. The van der Waals surface area contributed by atoms with Crippen molar-refractivity contribution in [3.63, 3.8) is 0 Å². The van der Waals surface area contributed by atoms with E-state index in [1.165, 1.54) is 12.8 Å². The first-order valence-electron chi connectivity index (χ1n) is 8.60. The molecule has 1 aromatic carbocycles. The highest BCUT2D eigenvalue weighted by atomic mass is 16.4. The van der Waals surface area contributed by atoms with Gasteiger partial charge in [0.05, 0.1) is 0 Å². The highest BCUT2D eigenvalue weighted by molar-refractivity contribution is 5.83. The normalized spacial score (nSPS) is 20.0. The third kappa shape index (κ3) is 3.00. The third-order valence-corrected chi connectivity index (χ3v) is 5.25. The molecule has 2 aliphatic rings. The fourth-order valence-electron chi connectivity index (χ4n) is 3.38. The maximum atomic E-state index is 12.6. The van der Waals surface area contributed by atoms with E-state index in [1.54, 1.807) is 0 Å². The zero-order valence-electron chi connectivity index (χ0n) is 13.9. The number of benzene rings is 1. The second-order valence-electron chi connectivity index (χ2n) is 6.97. The summed E-state index contributed by atoms with van der Waals surface area (Å²) in [6, 6.07) is 9.50. The van der Waals surface area contributed by atoms with Crippen LogP contribution in [0.3, 0.4) is 0 Å². The molecule has 1 spiro atoms. The Morgan fingerprint density at radius 3 is 2.54 bits per heavy atom. The fourth-order valence-corrected chi connectivity index (χ4v) is 3.38. The highest BCUT2D eigenvalue weighted by Crippen LogP contribution is 2.53. The summed E-state index contributed by atoms with van der Waals surface area (Å²) in [6.45, 7) is 3.57. The Bertz CT molecular complexity index is 714. The van der Waals surface area contributed by atoms with Crippen LogP contribution < -0.4 is 5.32 Å². The molecule has 0 unspecified atom stereocenters. The molecule has 126 valence electrons. The molecule has 2 heterocycles. The molecule has 24 heavy (non-hydrogen) atoms. The zero-order chi connectivity index (χ0) is 16.6. The Balaban J connectivity index is 1.36. The standard InChI is InChI=1S/C18H22N4O2/c1-13(16(23)22-11-9-18(7-8-18)10-12-22)19-17-21-20-15(24-17)14-5-3-2-4-6-14/h2-6,13H,7-12H2,1H3,(H,19,21)/t13-/m1/s1. The van der Waals surface area contributed by atoms with Crippen LogP contribution in [0.4, 0.5) is 6.01 Å². The summed E-state index contributed by atoms with van der Waals surface area (Å²) in [7, 11) is 0. The van der Waals surface area contributed by atoms with E-state index >= 15 is 0 Å². The van der Waals surface area contributed by atoms with Crippen LogP contribution in [0.25, 0.3) is 11.5 Å². The second kappa shape index (κ2) is 5.92. The van der Waals surface area contributed by atoms with Crippen molar-refractivity contribution < 1.29 is 9.21 Å². The van der Waals surface area contributed by atoms with Crippen LogP contribution in [0.15, 0.2) is 34.7 Å². The number of anilines is 1. The molecule has 1 aliphatic heterocycles. The first kappa shape index (κ1) is 15.2. The molecule has 1 saturated carbocycles. The van der Waals surface area contributed by atoms with E-state index in [9.17, 15) is 4.79 Å². The van der Waals surface area contributed by atoms with Gasteiger partial charge in [0.15, 0.2) is 0 Å². The van der Waals surface area contributed by atoms with E-state index in [4.69, 9.17) is 4.42 Å². The smallest absolute Gasteiger partial charge is 0.316 e. The van der Waals surface area contributed by atoms with Crippen LogP contribution in [-0.2, 0) is 4.79 Å². The van der Waals surface area contributed by atoms with Crippen LogP contribution in [-0.4, -0.2) is 40.1 Å². The molecule has 1 aromatic heterocycles. The molecule has 0 bridgehead atoms. The van der Waals surface area contributed by atoms with E-state index in [2.05, 4.69) is 15.5 Å². The van der Waals surface area contributed by atoms with Crippen LogP contribution in [0, 0.1) is 5.41 Å². The summed E-state index contributed by atoms with van der Waals surface area (Å²) in [4.78, 5) is 14.5. The van der Waals surface area contributed by atoms with Crippen molar-refractivity contribution >= 4 is 11.9 Å². The molecule has 1 amide bonds. The number of hydrogen-bond acceptors (Lipinski definition) is 5. The van der Waals surface area contributed by atoms with Gasteiger partial charge in [-0.2, -0.15) is 0 Å². The Morgan fingerprint density at radius 1 is 1.17 bits per heavy atom. The minimum Gasteiger partial charge on any atom is -0.403 e. The van der Waals surface area contributed by atoms with Gasteiger partial charge in [0.1, 0.15) is 6.04 Å². The first-order valence-corrected chi connectivity index (χ1v) is 8.60. The molecule has 4 rings (SSSR count). The van der Waals surface area contributed by atoms with Crippen molar-refractivity contribution in [1.29, 1.82) is 0 Å². The van der Waals surface area contributed by atoms with E-state index < -0.39 is 0 Å². The van der Waals surface area contributed by atoms with Gasteiger partial charge >= 0.3 is 6.01 Å². The maximum Gasteiger partial charge on any atom is 0.316 e. The number of piperidine rings is 1. The zero-order valence-corrected chi connectivity index (χ0v) is 13.9. The van der Waals surface area contributed by atoms with Gasteiger partial charge in [0.25, 0.3) is 0 Å². The van der Waals surface area contributed by atoms with Gasteiger partial charge in [0, 0.05) is 18.7 Å². The number of carbonyl (C=O) groups excluding carboxylic acids is 1. The molecule has 1 N–H and O–H groups in total. The molecule has 1 atom stereocenters. The molecule has 1 aliphatic carbocycles. The monoisotopic (exact) mass is 326 g/mol. The summed E-state index contributed by atoms with van der Waals surface area (Å²) in [5, 5.41) is 11.1. The predicted molar refractivity (Wildman–Crippen MR) is 90.3 cm³/mol. The number of carbonyl (C=O) groups is 1. The average molecular weight is 326 g/mol. The second-order valence-corrected chi connectivity index (χ2v) is 6.97. The molecular formula is C18H22N4O2. The summed E-state index contributed by atoms with van der Waals surface area (Å²) in [5.74, 6) is 0.552. The van der Waals surface area contributed by atoms with Gasteiger partial charge in [-0.1, -0.05) is 23.3 Å². The third-order valence-electron chi connectivity index (χ3n) is 5.25. The van der Waals surface area contributed by atoms with Gasteiger partial charge in [-0.25, -0.2) is 0 Å². The number of hydrogen-bond donors (Lipinski definition) is 1. The van der Waals surface area contributed by atoms with E-state index in [-0.39, 0.29) is 18.0 Å². The average Bonchev–Trinajstić information content (AvgIpc) is 3.20. The van der Waals surface area contributed by atoms with Crippen molar-refractivity contribution in [3.05, 3.63) is 30.3 Å². The summed E-state index contributed by atoms with van der Waals surface area (Å²) >= 11 is 0. The van der Waals surface area contributed by atoms with Gasteiger partial charge in [-0.3, -0.25) is 4.79 Å². The first-order chi connectivity index (χ1) is 11.7. The molecule has 1 saturated heterocycles.